The molecule has 1 heterocycles. The fraction of sp³-hybridized carbons (Fsp3) is 0.375. The molecule has 1 amide bonds. The van der Waals surface area contributed by atoms with Crippen molar-refractivity contribution in [1.29, 1.82) is 0 Å². The third kappa shape index (κ3) is 3.70. The molecule has 1 atom stereocenters. The Labute approximate surface area is 119 Å². The van der Waals surface area contributed by atoms with E-state index in [1.807, 2.05) is 37.3 Å². The zero-order chi connectivity index (χ0) is 14.5. The van der Waals surface area contributed by atoms with Gasteiger partial charge in [-0.3, -0.25) is 9.48 Å². The summed E-state index contributed by atoms with van der Waals surface area (Å²) in [6.07, 6.45) is 3.40. The van der Waals surface area contributed by atoms with Gasteiger partial charge in [-0.15, -0.1) is 0 Å². The summed E-state index contributed by atoms with van der Waals surface area (Å²) < 4.78 is 1.78. The van der Waals surface area contributed by atoms with Gasteiger partial charge in [0.25, 0.3) is 5.91 Å². The van der Waals surface area contributed by atoms with Crippen molar-refractivity contribution >= 4 is 5.91 Å². The van der Waals surface area contributed by atoms with E-state index in [1.165, 1.54) is 0 Å². The first-order valence-electron chi connectivity index (χ1n) is 6.93. The van der Waals surface area contributed by atoms with E-state index in [4.69, 9.17) is 0 Å². The SMILES string of the molecule is CC(C)C(C)NC(=O)c1cnn(Cc2ccccc2)c1. The largest absolute Gasteiger partial charge is 0.349 e. The second kappa shape index (κ2) is 6.37. The summed E-state index contributed by atoms with van der Waals surface area (Å²) in [4.78, 5) is 12.1. The molecule has 1 N–H and O–H groups in total. The number of nitrogens with one attached hydrogen (secondary N) is 1. The number of carbonyl (C=O) groups excluding carboxylic acids is 1. The fourth-order valence-electron chi connectivity index (χ4n) is 1.79. The lowest BCUT2D eigenvalue weighted by Crippen LogP contribution is -2.35. The molecule has 4 nitrogen and oxygen atoms in total. The Hall–Kier alpha value is -2.10. The minimum Gasteiger partial charge on any atom is -0.349 e. The van der Waals surface area contributed by atoms with Crippen molar-refractivity contribution in [3.63, 3.8) is 0 Å². The van der Waals surface area contributed by atoms with Gasteiger partial charge < -0.3 is 5.32 Å². The molecule has 20 heavy (non-hydrogen) atoms. The van der Waals surface area contributed by atoms with Crippen LogP contribution in [0.4, 0.5) is 0 Å². The Balaban J connectivity index is 2.00. The van der Waals surface area contributed by atoms with Crippen LogP contribution in [0.15, 0.2) is 42.7 Å². The number of aromatic nitrogens is 2. The standard InChI is InChI=1S/C16H21N3O/c1-12(2)13(3)18-16(20)15-9-17-19(11-15)10-14-7-5-4-6-8-14/h4-9,11-13H,10H2,1-3H3,(H,18,20). The van der Waals surface area contributed by atoms with Crippen LogP contribution in [0.25, 0.3) is 0 Å². The number of carbonyl (C=O) groups is 1. The molecule has 2 rings (SSSR count). The van der Waals surface area contributed by atoms with Crippen molar-refractivity contribution in [1.82, 2.24) is 15.1 Å². The maximum atomic E-state index is 12.1. The molecular formula is C16H21N3O. The Morgan fingerprint density at radius 2 is 1.95 bits per heavy atom. The van der Waals surface area contributed by atoms with Gasteiger partial charge >= 0.3 is 0 Å². The Kier molecular flexibility index (Phi) is 4.56. The van der Waals surface area contributed by atoms with Crippen molar-refractivity contribution in [3.8, 4) is 0 Å². The topological polar surface area (TPSA) is 46.9 Å². The molecule has 0 fully saturated rings. The van der Waals surface area contributed by atoms with Gasteiger partial charge in [0, 0.05) is 12.2 Å². The maximum Gasteiger partial charge on any atom is 0.254 e. The van der Waals surface area contributed by atoms with Gasteiger partial charge in [-0.1, -0.05) is 44.2 Å². The summed E-state index contributed by atoms with van der Waals surface area (Å²) in [7, 11) is 0. The van der Waals surface area contributed by atoms with Gasteiger partial charge in [-0.2, -0.15) is 5.10 Å². The Morgan fingerprint density at radius 3 is 2.60 bits per heavy atom. The van der Waals surface area contributed by atoms with Crippen molar-refractivity contribution < 1.29 is 4.79 Å². The van der Waals surface area contributed by atoms with Crippen LogP contribution in [0.2, 0.25) is 0 Å². The number of hydrogen-bond acceptors (Lipinski definition) is 2. The van der Waals surface area contributed by atoms with Crippen LogP contribution in [0, 0.1) is 5.92 Å². The molecule has 0 aliphatic rings. The Bertz CT molecular complexity index is 560. The number of rotatable bonds is 5. The van der Waals surface area contributed by atoms with E-state index in [-0.39, 0.29) is 11.9 Å². The van der Waals surface area contributed by atoms with E-state index in [1.54, 1.807) is 17.1 Å². The highest BCUT2D eigenvalue weighted by Crippen LogP contribution is 2.06. The van der Waals surface area contributed by atoms with Gasteiger partial charge in [0.1, 0.15) is 0 Å². The quantitative estimate of drug-likeness (QED) is 0.909. The summed E-state index contributed by atoms with van der Waals surface area (Å²) in [5.74, 6) is 0.351. The summed E-state index contributed by atoms with van der Waals surface area (Å²) in [5.41, 5.74) is 1.77. The van der Waals surface area contributed by atoms with Crippen LogP contribution in [0.1, 0.15) is 36.7 Å². The smallest absolute Gasteiger partial charge is 0.254 e. The molecule has 0 aliphatic heterocycles. The highest BCUT2D eigenvalue weighted by atomic mass is 16.1. The summed E-state index contributed by atoms with van der Waals surface area (Å²) in [6, 6.07) is 10.2. The van der Waals surface area contributed by atoms with Crippen LogP contribution >= 0.6 is 0 Å². The predicted molar refractivity (Wildman–Crippen MR) is 79.5 cm³/mol. The van der Waals surface area contributed by atoms with E-state index < -0.39 is 0 Å². The van der Waals surface area contributed by atoms with Crippen LogP contribution in [-0.4, -0.2) is 21.7 Å². The molecule has 0 radical (unpaired) electrons. The molecule has 0 saturated carbocycles. The minimum atomic E-state index is -0.0643. The van der Waals surface area contributed by atoms with E-state index in [0.717, 1.165) is 5.56 Å². The molecule has 0 spiro atoms. The summed E-state index contributed by atoms with van der Waals surface area (Å²) in [5, 5.41) is 7.22. The zero-order valence-electron chi connectivity index (χ0n) is 12.2. The monoisotopic (exact) mass is 271 g/mol. The average molecular weight is 271 g/mol. The lowest BCUT2D eigenvalue weighted by molar-refractivity contribution is 0.0930. The van der Waals surface area contributed by atoms with E-state index in [0.29, 0.717) is 18.0 Å². The van der Waals surface area contributed by atoms with Gasteiger partial charge in [0.15, 0.2) is 0 Å². The molecule has 0 aliphatic carbocycles. The highest BCUT2D eigenvalue weighted by molar-refractivity contribution is 5.93. The van der Waals surface area contributed by atoms with Crippen molar-refractivity contribution in [3.05, 3.63) is 53.9 Å². The molecule has 1 aromatic carbocycles. The van der Waals surface area contributed by atoms with Crippen LogP contribution < -0.4 is 5.32 Å². The van der Waals surface area contributed by atoms with Gasteiger partial charge in [-0.25, -0.2) is 0 Å². The zero-order valence-corrected chi connectivity index (χ0v) is 12.2. The average Bonchev–Trinajstić information content (AvgIpc) is 2.88. The maximum absolute atomic E-state index is 12.1. The number of amides is 1. The van der Waals surface area contributed by atoms with Crippen LogP contribution in [-0.2, 0) is 6.54 Å². The van der Waals surface area contributed by atoms with Crippen LogP contribution in [0.5, 0.6) is 0 Å². The highest BCUT2D eigenvalue weighted by Gasteiger charge is 2.14. The minimum absolute atomic E-state index is 0.0643. The molecule has 4 heteroatoms. The predicted octanol–water partition coefficient (Wildman–Crippen LogP) is 2.71. The lowest BCUT2D eigenvalue weighted by atomic mass is 10.1. The summed E-state index contributed by atoms with van der Waals surface area (Å²) in [6.45, 7) is 6.86. The molecule has 106 valence electrons. The fourth-order valence-corrected chi connectivity index (χ4v) is 1.79. The number of benzene rings is 1. The molecule has 0 bridgehead atoms. The molecule has 1 aromatic heterocycles. The van der Waals surface area contributed by atoms with E-state index in [2.05, 4.69) is 24.3 Å². The Morgan fingerprint density at radius 1 is 1.25 bits per heavy atom. The second-order valence-electron chi connectivity index (χ2n) is 5.42. The number of hydrogen-bond donors (Lipinski definition) is 1. The van der Waals surface area contributed by atoms with Gasteiger partial charge in [0.05, 0.1) is 18.3 Å². The van der Waals surface area contributed by atoms with Crippen molar-refractivity contribution in [2.45, 2.75) is 33.4 Å². The van der Waals surface area contributed by atoms with Gasteiger partial charge in [0.2, 0.25) is 0 Å². The van der Waals surface area contributed by atoms with Gasteiger partial charge in [-0.05, 0) is 18.4 Å². The van der Waals surface area contributed by atoms with E-state index >= 15 is 0 Å². The lowest BCUT2D eigenvalue weighted by Gasteiger charge is -2.16. The van der Waals surface area contributed by atoms with Crippen molar-refractivity contribution in [2.75, 3.05) is 0 Å². The molecule has 2 aromatic rings. The van der Waals surface area contributed by atoms with E-state index in [9.17, 15) is 4.79 Å². The first-order valence-corrected chi connectivity index (χ1v) is 6.93. The first-order chi connectivity index (χ1) is 9.56. The molecule has 1 unspecified atom stereocenters. The molecule has 0 saturated heterocycles. The van der Waals surface area contributed by atoms with Crippen LogP contribution in [0.3, 0.4) is 0 Å². The van der Waals surface area contributed by atoms with Crippen molar-refractivity contribution in [2.24, 2.45) is 5.92 Å². The normalized spacial score (nSPS) is 12.4. The summed E-state index contributed by atoms with van der Waals surface area (Å²) >= 11 is 0. The molecular weight excluding hydrogens is 250 g/mol. The number of nitrogens with zero attached hydrogens (tertiary/aromatic N) is 2. The third-order valence-corrected chi connectivity index (χ3v) is 3.44. The second-order valence-corrected chi connectivity index (χ2v) is 5.42. The third-order valence-electron chi connectivity index (χ3n) is 3.44. The first kappa shape index (κ1) is 14.3.